The fraction of sp³-hybridized carbons (Fsp3) is 0.0482. The number of aliphatic hydroxyl groups is 1. The molecule has 11 heteroatoms. The Morgan fingerprint density at radius 3 is 1.28 bits per heavy atom. The number of rotatable bonds is 12. The zero-order chi connectivity index (χ0) is 63.6. The van der Waals surface area contributed by atoms with E-state index in [2.05, 4.69) is 191 Å². The van der Waals surface area contributed by atoms with E-state index >= 15 is 0 Å². The maximum absolute atomic E-state index is 12.2. The number of para-hydroxylation sites is 2. The quantitative estimate of drug-likeness (QED) is 0.0414. The minimum Gasteiger partial charge on any atom is -0.412 e. The van der Waals surface area contributed by atoms with Gasteiger partial charge in [-0.25, -0.2) is 4.85 Å². The Balaban J connectivity index is 0.000000163. The molecule has 0 fully saturated rings. The van der Waals surface area contributed by atoms with Crippen molar-refractivity contribution in [3.05, 3.63) is 329 Å². The number of benzene rings is 14. The van der Waals surface area contributed by atoms with Crippen molar-refractivity contribution in [1.82, 2.24) is 0 Å². The first-order chi connectivity index (χ1) is 45.1. The SMILES string of the molecule is C.CP(=O)(CO)Cc1ccc2c(C#N)c3ccccc3c(C#N)c2c1.O.O=Cc1ccc(N(c2ccccc2)c2cccc3ccccc23)cc1.[C-]#[N+]c1c2ccccc2c(C#N)c2ccc(C=Cc3ccc(N(c4ccccc4)c4cccc5ccccc45)cc3)cc12. The third-order valence-corrected chi connectivity index (χ3v) is 18.0. The summed E-state index contributed by atoms with van der Waals surface area (Å²) in [6.07, 6.45) is 4.92. The lowest BCUT2D eigenvalue weighted by Crippen LogP contribution is -2.10. The molecule has 0 aliphatic carbocycles. The number of anilines is 6. The molecule has 0 aliphatic rings. The highest BCUT2D eigenvalue weighted by Crippen LogP contribution is 2.46. The highest BCUT2D eigenvalue weighted by atomic mass is 31.2. The van der Waals surface area contributed by atoms with E-state index in [1.807, 2.05) is 127 Å². The van der Waals surface area contributed by atoms with Crippen LogP contribution in [-0.4, -0.2) is 29.9 Å². The van der Waals surface area contributed by atoms with Crippen LogP contribution in [0.4, 0.5) is 39.8 Å². The summed E-state index contributed by atoms with van der Waals surface area (Å²) in [4.78, 5) is 19.4. The second-order valence-corrected chi connectivity index (χ2v) is 25.5. The normalized spacial score (nSPS) is 11.3. The summed E-state index contributed by atoms with van der Waals surface area (Å²) in [6, 6.07) is 99.8. The van der Waals surface area contributed by atoms with Gasteiger partial charge < -0.3 is 24.9 Å². The Kier molecular flexibility index (Phi) is 20.1. The summed E-state index contributed by atoms with van der Waals surface area (Å²) in [7, 11) is -2.66. The molecule has 94 heavy (non-hydrogen) atoms. The van der Waals surface area contributed by atoms with Gasteiger partial charge in [-0.1, -0.05) is 220 Å². The van der Waals surface area contributed by atoms with Gasteiger partial charge in [0.15, 0.2) is 0 Å². The van der Waals surface area contributed by atoms with Crippen LogP contribution in [0.3, 0.4) is 0 Å². The highest BCUT2D eigenvalue weighted by Gasteiger charge is 2.20. The van der Waals surface area contributed by atoms with Crippen LogP contribution in [0.5, 0.6) is 0 Å². The lowest BCUT2D eigenvalue weighted by Gasteiger charge is -2.27. The number of aldehydes is 1. The van der Waals surface area contributed by atoms with Gasteiger partial charge in [0.2, 0.25) is 5.69 Å². The lowest BCUT2D eigenvalue weighted by molar-refractivity contribution is 0.112. The minimum absolute atomic E-state index is 0. The van der Waals surface area contributed by atoms with Gasteiger partial charge in [0.25, 0.3) is 0 Å². The van der Waals surface area contributed by atoms with Crippen LogP contribution in [-0.2, 0) is 10.7 Å². The van der Waals surface area contributed by atoms with Crippen LogP contribution < -0.4 is 9.80 Å². The summed E-state index contributed by atoms with van der Waals surface area (Å²) in [5.41, 5.74) is 12.3. The molecular weight excluding hydrogens is 1180 g/mol. The molecule has 0 spiro atoms. The standard InChI is InChI=1S/C40H25N3.C23H17NO.C19H15N2O2P.CH4.H2O/c1-42-40-36-16-8-7-15-34(36)38(27-41)35-25-22-29(26-37(35)40)19-18-28-20-23-32(24-21-28)43(31-12-3-2-4-13-31)39-17-9-11-30-10-5-6-14-33(30)39;25-17-18-13-15-21(16-14-18)24(20-9-2-1-3-10-20)23-12-6-8-19-7-4-5-11-22(19)23;1-24(23,12-22)11-13-6-7-16-17(8-13)19(10-21)15-5-3-2-4-14(15)18(16)9-20;;/h2-26H;1-17H;2-8,22H,11-12H2,1H3;1H4;1H2. The molecule has 1 atom stereocenters. The molecule has 0 bridgehead atoms. The van der Waals surface area contributed by atoms with Crippen molar-refractivity contribution in [2.75, 3.05) is 22.8 Å². The number of carbonyl (C=O) groups excluding carboxylic acids is 1. The molecule has 0 saturated carbocycles. The van der Waals surface area contributed by atoms with E-state index in [4.69, 9.17) is 6.57 Å². The Hall–Kier alpha value is -12.2. The summed E-state index contributed by atoms with van der Waals surface area (Å²) in [5, 5.41) is 49.3. The van der Waals surface area contributed by atoms with Gasteiger partial charge in [0.1, 0.15) is 31.6 Å². The zero-order valence-corrected chi connectivity index (χ0v) is 51.5. The number of carbonyl (C=O) groups is 1. The number of nitrogens with zero attached hydrogens (tertiary/aromatic N) is 6. The Morgan fingerprint density at radius 1 is 0.426 bits per heavy atom. The highest BCUT2D eigenvalue weighted by molar-refractivity contribution is 7.62. The number of nitriles is 3. The van der Waals surface area contributed by atoms with Crippen molar-refractivity contribution < 1.29 is 19.9 Å². The summed E-state index contributed by atoms with van der Waals surface area (Å²) < 4.78 is 12.2. The molecule has 0 heterocycles. The summed E-state index contributed by atoms with van der Waals surface area (Å²) >= 11 is 0. The van der Waals surface area contributed by atoms with Crippen LogP contribution in [0.15, 0.2) is 279 Å². The van der Waals surface area contributed by atoms with Crippen LogP contribution >= 0.6 is 7.14 Å². The first-order valence-electron chi connectivity index (χ1n) is 29.8. The largest absolute Gasteiger partial charge is 0.412 e. The molecular formula is C83H63N6O4P. The monoisotopic (exact) mass is 1240 g/mol. The van der Waals surface area contributed by atoms with E-state index in [0.29, 0.717) is 38.7 Å². The topological polar surface area (TPSA) is 168 Å². The molecule has 0 aromatic heterocycles. The second kappa shape index (κ2) is 29.1. The molecule has 0 amide bonds. The third kappa shape index (κ3) is 13.3. The predicted octanol–water partition coefficient (Wildman–Crippen LogP) is 21.3. The summed E-state index contributed by atoms with van der Waals surface area (Å²) in [6.45, 7) is 9.45. The average molecular weight is 1240 g/mol. The van der Waals surface area contributed by atoms with E-state index in [9.17, 15) is 30.3 Å². The van der Waals surface area contributed by atoms with Crippen molar-refractivity contribution in [1.29, 1.82) is 15.8 Å². The predicted molar refractivity (Wildman–Crippen MR) is 390 cm³/mol. The summed E-state index contributed by atoms with van der Waals surface area (Å²) in [5.74, 6) is 0. The van der Waals surface area contributed by atoms with Crippen LogP contribution in [0.2, 0.25) is 0 Å². The molecule has 0 saturated heterocycles. The molecule has 14 aromatic carbocycles. The maximum atomic E-state index is 12.2. The van der Waals surface area contributed by atoms with E-state index in [1.54, 1.807) is 12.7 Å². The molecule has 454 valence electrons. The van der Waals surface area contributed by atoms with Gasteiger partial charge in [-0.05, 0) is 135 Å². The molecule has 10 nitrogen and oxygen atoms in total. The van der Waals surface area contributed by atoms with Crippen molar-refractivity contribution >= 4 is 130 Å². The number of hydrogen-bond donors (Lipinski definition) is 1. The Bertz CT molecular complexity index is 5370. The van der Waals surface area contributed by atoms with Gasteiger partial charge >= 0.3 is 0 Å². The molecule has 0 radical (unpaired) electrons. The fourth-order valence-corrected chi connectivity index (χ4v) is 13.0. The first kappa shape index (κ1) is 64.7. The Morgan fingerprint density at radius 2 is 0.798 bits per heavy atom. The molecule has 14 rings (SSSR count). The Labute approximate surface area is 546 Å². The van der Waals surface area contributed by atoms with Crippen LogP contribution in [0, 0.1) is 40.6 Å². The maximum Gasteiger partial charge on any atom is 0.202 e. The molecule has 14 aromatic rings. The van der Waals surface area contributed by atoms with Crippen LogP contribution in [0.25, 0.3) is 81.6 Å². The number of fused-ring (bicyclic) bond motifs is 6. The average Bonchev–Trinajstić information content (AvgIpc) is 0.769. The van der Waals surface area contributed by atoms with Crippen molar-refractivity contribution in [3.63, 3.8) is 0 Å². The third-order valence-electron chi connectivity index (χ3n) is 16.3. The van der Waals surface area contributed by atoms with E-state index in [-0.39, 0.29) is 25.4 Å². The van der Waals surface area contributed by atoms with Gasteiger partial charge in [0.05, 0.1) is 41.0 Å². The van der Waals surface area contributed by atoms with Crippen molar-refractivity contribution in [2.45, 2.75) is 13.6 Å². The van der Waals surface area contributed by atoms with Crippen molar-refractivity contribution in [3.8, 4) is 18.2 Å². The molecule has 3 N–H and O–H groups in total. The zero-order valence-electron chi connectivity index (χ0n) is 50.6. The van der Waals surface area contributed by atoms with E-state index < -0.39 is 7.14 Å². The van der Waals surface area contributed by atoms with E-state index in [0.717, 1.165) is 89.4 Å². The second-order valence-electron chi connectivity index (χ2n) is 22.3. The fourth-order valence-electron chi connectivity index (χ4n) is 12.0. The van der Waals surface area contributed by atoms with Crippen LogP contribution in [0.1, 0.15) is 51.2 Å². The van der Waals surface area contributed by atoms with Crippen molar-refractivity contribution in [2.24, 2.45) is 0 Å². The lowest BCUT2D eigenvalue weighted by atomic mass is 9.92. The molecule has 1 unspecified atom stereocenters. The number of aliphatic hydroxyl groups excluding tert-OH is 1. The van der Waals surface area contributed by atoms with Gasteiger partial charge in [-0.3, -0.25) is 4.79 Å². The first-order valence-corrected chi connectivity index (χ1v) is 32.3. The smallest absolute Gasteiger partial charge is 0.202 e. The van der Waals surface area contributed by atoms with Gasteiger partial charge in [-0.2, -0.15) is 15.8 Å². The minimum atomic E-state index is -2.66. The van der Waals surface area contributed by atoms with Gasteiger partial charge in [-0.15, -0.1) is 0 Å². The number of hydrogen-bond acceptors (Lipinski definition) is 8. The van der Waals surface area contributed by atoms with Gasteiger partial charge in [0, 0.05) is 66.8 Å². The van der Waals surface area contributed by atoms with E-state index in [1.165, 1.54) is 21.5 Å². The molecule has 0 aliphatic heterocycles.